The van der Waals surface area contributed by atoms with Crippen molar-refractivity contribution < 1.29 is 33.7 Å². The maximum absolute atomic E-state index is 15.0. The van der Waals surface area contributed by atoms with E-state index in [0.717, 1.165) is 5.56 Å². The van der Waals surface area contributed by atoms with Gasteiger partial charge in [0.25, 0.3) is 5.56 Å². The van der Waals surface area contributed by atoms with Crippen LogP contribution in [0.1, 0.15) is 59.2 Å². The molecule has 0 saturated carbocycles. The first kappa shape index (κ1) is 26.8. The zero-order chi connectivity index (χ0) is 29.4. The molecule has 0 saturated heterocycles. The number of carbonyl (C=O) groups is 3. The number of fused-ring (bicyclic) bond motifs is 5. The van der Waals surface area contributed by atoms with Crippen molar-refractivity contribution in [2.24, 2.45) is 5.73 Å². The van der Waals surface area contributed by atoms with Crippen LogP contribution in [0.3, 0.4) is 0 Å². The summed E-state index contributed by atoms with van der Waals surface area (Å²) in [5, 5.41) is 25.7. The van der Waals surface area contributed by atoms with Crippen molar-refractivity contribution in [2.75, 3.05) is 6.54 Å². The number of ether oxygens (including phenoxy) is 1. The zero-order valence-electron chi connectivity index (χ0n) is 22.3. The number of carbonyl (C=O) groups excluding carboxylic acids is 2. The average molecular weight is 566 g/mol. The number of cyclic esters (lactones) is 1. The van der Waals surface area contributed by atoms with Gasteiger partial charge < -0.3 is 35.9 Å². The molecule has 2 amide bonds. The summed E-state index contributed by atoms with van der Waals surface area (Å²) in [7, 11) is 0. The minimum atomic E-state index is -2.00. The third kappa shape index (κ3) is 3.90. The molecule has 0 bridgehead atoms. The summed E-state index contributed by atoms with van der Waals surface area (Å²) >= 11 is 0. The average Bonchev–Trinajstić information content (AvgIpc) is 3.31. The summed E-state index contributed by atoms with van der Waals surface area (Å²) in [6, 6.07) is 1.17. The quantitative estimate of drug-likeness (QED) is 0.222. The molecule has 6 rings (SSSR count). The van der Waals surface area contributed by atoms with E-state index in [1.807, 2.05) is 0 Å². The first-order valence-corrected chi connectivity index (χ1v) is 13.3. The van der Waals surface area contributed by atoms with Gasteiger partial charge in [-0.25, -0.2) is 19.0 Å². The van der Waals surface area contributed by atoms with Gasteiger partial charge in [0.05, 0.1) is 35.1 Å². The second-order valence-electron chi connectivity index (χ2n) is 10.7. The Morgan fingerprint density at radius 2 is 2.05 bits per heavy atom. The van der Waals surface area contributed by atoms with Gasteiger partial charge in [0.1, 0.15) is 18.5 Å². The SMILES string of the molecule is CC[C@@]1(O)C(=O)OCc2c1cc1n(c2=O)Cc2c-1nc1cc(F)c(C)c3c1c2[C@@H](NC(=O)[C@@H](N)CNC(=O)O)CC3. The van der Waals surface area contributed by atoms with Gasteiger partial charge in [-0.05, 0) is 48.9 Å². The molecule has 4 heterocycles. The fraction of sp³-hybridized carbons (Fsp3) is 0.393. The van der Waals surface area contributed by atoms with Gasteiger partial charge >= 0.3 is 12.1 Å². The number of rotatable bonds is 5. The molecule has 6 N–H and O–H groups in total. The number of aryl methyl sites for hydroxylation is 1. The molecule has 2 aliphatic heterocycles. The molecule has 0 spiro atoms. The molecule has 13 heteroatoms. The number of carboxylic acid groups (broad SMARTS) is 1. The Hall–Kier alpha value is -4.36. The van der Waals surface area contributed by atoms with E-state index in [9.17, 15) is 24.3 Å². The first-order chi connectivity index (χ1) is 19.5. The summed E-state index contributed by atoms with van der Waals surface area (Å²) in [6.07, 6.45) is -0.457. The normalized spacial score (nSPS) is 21.0. The van der Waals surface area contributed by atoms with E-state index in [4.69, 9.17) is 20.6 Å². The van der Waals surface area contributed by atoms with Crippen molar-refractivity contribution in [3.8, 4) is 11.4 Å². The molecule has 3 aliphatic rings. The van der Waals surface area contributed by atoms with Crippen LogP contribution < -0.4 is 21.9 Å². The van der Waals surface area contributed by atoms with Crippen LogP contribution in [0.5, 0.6) is 0 Å². The lowest BCUT2D eigenvalue weighted by Crippen LogP contribution is -2.49. The van der Waals surface area contributed by atoms with E-state index in [2.05, 4.69) is 10.6 Å². The third-order valence-electron chi connectivity index (χ3n) is 8.50. The van der Waals surface area contributed by atoms with Gasteiger partial charge in [-0.15, -0.1) is 0 Å². The molecule has 214 valence electrons. The lowest BCUT2D eigenvalue weighted by atomic mass is 9.81. The van der Waals surface area contributed by atoms with E-state index in [1.165, 1.54) is 10.6 Å². The van der Waals surface area contributed by atoms with E-state index in [1.54, 1.807) is 19.9 Å². The van der Waals surface area contributed by atoms with Crippen LogP contribution >= 0.6 is 0 Å². The van der Waals surface area contributed by atoms with Crippen LogP contribution in [0, 0.1) is 12.7 Å². The Balaban J connectivity index is 1.54. The second kappa shape index (κ2) is 9.35. The molecule has 3 atom stereocenters. The lowest BCUT2D eigenvalue weighted by molar-refractivity contribution is -0.172. The highest BCUT2D eigenvalue weighted by Crippen LogP contribution is 2.45. The van der Waals surface area contributed by atoms with E-state index >= 15 is 4.39 Å². The summed E-state index contributed by atoms with van der Waals surface area (Å²) in [6.45, 7) is 2.84. The monoisotopic (exact) mass is 565 g/mol. The number of nitrogens with one attached hydrogen (secondary N) is 2. The molecular formula is C28H28FN5O7. The van der Waals surface area contributed by atoms with Crippen molar-refractivity contribution in [1.29, 1.82) is 0 Å². The van der Waals surface area contributed by atoms with Crippen molar-refractivity contribution >= 4 is 28.9 Å². The Morgan fingerprint density at radius 3 is 2.76 bits per heavy atom. The predicted molar refractivity (Wildman–Crippen MR) is 142 cm³/mol. The first-order valence-electron chi connectivity index (χ1n) is 13.3. The van der Waals surface area contributed by atoms with Gasteiger partial charge in [0.15, 0.2) is 5.60 Å². The number of amides is 2. The Kier molecular flexibility index (Phi) is 6.12. The standard InChI is InChI=1S/C28H28FN5O7/c1-3-28(40)15-6-20-23-13(9-34(20)25(36)14(15)10-41-26(28)37)22-18(33-24(35)17(30)8-31-27(38)39)5-4-12-11(2)16(29)7-19(32-23)21(12)22/h6-7,17-18,31,40H,3-5,8-10,30H2,1-2H3,(H,33,35)(H,38,39)/t17-,18-,28-/m0/s1. The molecule has 0 fully saturated rings. The van der Waals surface area contributed by atoms with Gasteiger partial charge in [0, 0.05) is 29.1 Å². The second-order valence-corrected chi connectivity index (χ2v) is 10.7. The number of pyridine rings is 2. The van der Waals surface area contributed by atoms with Gasteiger partial charge in [-0.3, -0.25) is 9.59 Å². The molecule has 2 aromatic heterocycles. The van der Waals surface area contributed by atoms with Crippen molar-refractivity contribution in [1.82, 2.24) is 20.2 Å². The number of aromatic nitrogens is 2. The molecular weight excluding hydrogens is 537 g/mol. The number of nitrogens with two attached hydrogens (primary N) is 1. The predicted octanol–water partition coefficient (Wildman–Crippen LogP) is 1.23. The molecule has 1 aromatic carbocycles. The number of hydrogen-bond acceptors (Lipinski definition) is 8. The number of halogens is 1. The Labute approximate surface area is 232 Å². The van der Waals surface area contributed by atoms with Crippen molar-refractivity contribution in [2.45, 2.75) is 63.9 Å². The van der Waals surface area contributed by atoms with E-state index in [0.29, 0.717) is 51.8 Å². The van der Waals surface area contributed by atoms with Gasteiger partial charge in [-0.1, -0.05) is 6.92 Å². The highest BCUT2D eigenvalue weighted by atomic mass is 19.1. The highest BCUT2D eigenvalue weighted by Gasteiger charge is 2.46. The van der Waals surface area contributed by atoms with Gasteiger partial charge in [0.2, 0.25) is 5.91 Å². The van der Waals surface area contributed by atoms with Crippen LogP contribution in [-0.4, -0.2) is 50.3 Å². The maximum Gasteiger partial charge on any atom is 0.404 e. The number of esters is 1. The molecule has 41 heavy (non-hydrogen) atoms. The zero-order valence-corrected chi connectivity index (χ0v) is 22.3. The largest absolute Gasteiger partial charge is 0.465 e. The molecule has 0 radical (unpaired) electrons. The lowest BCUT2D eigenvalue weighted by Gasteiger charge is -2.31. The van der Waals surface area contributed by atoms with Gasteiger partial charge in [-0.2, -0.15) is 0 Å². The van der Waals surface area contributed by atoms with Crippen molar-refractivity contribution in [3.63, 3.8) is 0 Å². The summed E-state index contributed by atoms with van der Waals surface area (Å²) in [5.74, 6) is -1.84. The van der Waals surface area contributed by atoms with Crippen LogP contribution in [0.15, 0.2) is 16.9 Å². The minimum Gasteiger partial charge on any atom is -0.465 e. The molecule has 0 unspecified atom stereocenters. The number of nitrogens with zero attached hydrogens (tertiary/aromatic N) is 2. The van der Waals surface area contributed by atoms with Crippen LogP contribution in [-0.2, 0) is 39.5 Å². The van der Waals surface area contributed by atoms with E-state index < -0.39 is 47.0 Å². The van der Waals surface area contributed by atoms with Crippen LogP contribution in [0.4, 0.5) is 9.18 Å². The smallest absolute Gasteiger partial charge is 0.404 e. The topological polar surface area (TPSA) is 186 Å². The summed E-state index contributed by atoms with van der Waals surface area (Å²) in [5.41, 5.74) is 7.49. The molecule has 3 aromatic rings. The van der Waals surface area contributed by atoms with Crippen LogP contribution in [0.25, 0.3) is 22.3 Å². The van der Waals surface area contributed by atoms with E-state index in [-0.39, 0.29) is 37.2 Å². The Bertz CT molecular complexity index is 1750. The highest BCUT2D eigenvalue weighted by molar-refractivity contribution is 5.94. The van der Waals surface area contributed by atoms with Crippen molar-refractivity contribution in [3.05, 3.63) is 61.7 Å². The summed E-state index contributed by atoms with van der Waals surface area (Å²) in [4.78, 5) is 54.8. The number of benzene rings is 1. The van der Waals surface area contributed by atoms with Crippen LogP contribution in [0.2, 0.25) is 0 Å². The fourth-order valence-corrected chi connectivity index (χ4v) is 6.27. The fourth-order valence-electron chi connectivity index (χ4n) is 6.27. The molecule has 1 aliphatic carbocycles. The Morgan fingerprint density at radius 1 is 1.29 bits per heavy atom. The third-order valence-corrected chi connectivity index (χ3v) is 8.50. The summed E-state index contributed by atoms with van der Waals surface area (Å²) < 4.78 is 21.7. The molecule has 12 nitrogen and oxygen atoms in total. The number of aliphatic hydroxyl groups is 1. The number of hydrogen-bond donors (Lipinski definition) is 5. The minimum absolute atomic E-state index is 0.00999. The maximum atomic E-state index is 15.0.